The first-order valence-electron chi connectivity index (χ1n) is 6.73. The fourth-order valence-corrected chi connectivity index (χ4v) is 2.28. The Labute approximate surface area is 127 Å². The van der Waals surface area contributed by atoms with Crippen LogP contribution in [0.5, 0.6) is 5.75 Å². The predicted molar refractivity (Wildman–Crippen MR) is 86.2 cm³/mol. The number of hydrogen-bond donors (Lipinski definition) is 2. The van der Waals surface area contributed by atoms with Gasteiger partial charge in [-0.2, -0.15) is 0 Å². The largest absolute Gasteiger partial charge is 0.508 e. The molecule has 2 nitrogen and oxygen atoms in total. The van der Waals surface area contributed by atoms with Gasteiger partial charge < -0.3 is 10.4 Å². The molecule has 108 valence electrons. The molecule has 1 unspecified atom stereocenters. The molecule has 0 aliphatic rings. The van der Waals surface area contributed by atoms with E-state index in [9.17, 15) is 5.11 Å². The number of rotatable bonds is 5. The number of phenolic OH excluding ortho intramolecular Hbond substituents is 1. The highest BCUT2D eigenvalue weighted by molar-refractivity contribution is 5.85. The predicted octanol–water partition coefficient (Wildman–Crippen LogP) is 4.30. The van der Waals surface area contributed by atoms with Gasteiger partial charge in [-0.15, -0.1) is 12.4 Å². The van der Waals surface area contributed by atoms with Gasteiger partial charge in [0.05, 0.1) is 0 Å². The third-order valence-corrected chi connectivity index (χ3v) is 3.33. The lowest BCUT2D eigenvalue weighted by Crippen LogP contribution is -2.25. The van der Waals surface area contributed by atoms with Gasteiger partial charge >= 0.3 is 0 Å². The molecule has 0 aromatic heterocycles. The first kappa shape index (κ1) is 16.5. The molecule has 0 radical (unpaired) electrons. The normalized spacial score (nSPS) is 11.9. The zero-order valence-electron chi connectivity index (χ0n) is 11.9. The van der Waals surface area contributed by atoms with E-state index in [0.29, 0.717) is 24.3 Å². The van der Waals surface area contributed by atoms with Gasteiger partial charge in [0.2, 0.25) is 0 Å². The molecule has 2 N–H and O–H groups in total. The zero-order valence-corrected chi connectivity index (χ0v) is 12.7. The van der Waals surface area contributed by atoms with Crippen molar-refractivity contribution < 1.29 is 5.11 Å². The Hall–Kier alpha value is -1.51. The maximum absolute atomic E-state index is 9.79. The average Bonchev–Trinajstić information content (AvgIpc) is 2.42. The van der Waals surface area contributed by atoms with Gasteiger partial charge in [0, 0.05) is 18.2 Å². The summed E-state index contributed by atoms with van der Waals surface area (Å²) >= 11 is 0. The third-order valence-electron chi connectivity index (χ3n) is 3.33. The van der Waals surface area contributed by atoms with Gasteiger partial charge in [-0.25, -0.2) is 0 Å². The number of benzene rings is 2. The molecule has 0 heterocycles. The van der Waals surface area contributed by atoms with E-state index in [0.717, 1.165) is 5.56 Å². The Morgan fingerprint density at radius 1 is 0.950 bits per heavy atom. The van der Waals surface area contributed by atoms with Crippen LogP contribution in [0.1, 0.15) is 31.0 Å². The summed E-state index contributed by atoms with van der Waals surface area (Å²) in [5.41, 5.74) is 2.22. The van der Waals surface area contributed by atoms with Crippen molar-refractivity contribution in [1.29, 1.82) is 0 Å². The monoisotopic (exact) mass is 291 g/mol. The molecule has 3 heteroatoms. The molecule has 0 aliphatic carbocycles. The number of halogens is 1. The summed E-state index contributed by atoms with van der Waals surface area (Å²) in [4.78, 5) is 0. The van der Waals surface area contributed by atoms with Crippen molar-refractivity contribution in [2.24, 2.45) is 5.92 Å². The molecule has 0 spiro atoms. The molecule has 2 rings (SSSR count). The minimum absolute atomic E-state index is 0. The number of para-hydroxylation sites is 1. The van der Waals surface area contributed by atoms with Crippen molar-refractivity contribution in [3.05, 3.63) is 65.7 Å². The van der Waals surface area contributed by atoms with E-state index in [4.69, 9.17) is 0 Å². The number of aromatic hydroxyl groups is 1. The average molecular weight is 292 g/mol. The second kappa shape index (κ2) is 7.93. The van der Waals surface area contributed by atoms with Crippen LogP contribution in [-0.4, -0.2) is 5.11 Å². The summed E-state index contributed by atoms with van der Waals surface area (Å²) in [6.45, 7) is 5.08. The lowest BCUT2D eigenvalue weighted by atomic mass is 9.96. The topological polar surface area (TPSA) is 32.3 Å². The minimum atomic E-state index is 0. The Morgan fingerprint density at radius 2 is 1.55 bits per heavy atom. The third kappa shape index (κ3) is 4.26. The molecular formula is C17H22ClNO. The maximum Gasteiger partial charge on any atom is 0.120 e. The van der Waals surface area contributed by atoms with Crippen LogP contribution in [-0.2, 0) is 6.54 Å². The molecule has 1 atom stereocenters. The van der Waals surface area contributed by atoms with Crippen LogP contribution in [0.2, 0.25) is 0 Å². The Kier molecular flexibility index (Phi) is 6.56. The van der Waals surface area contributed by atoms with Crippen molar-refractivity contribution >= 4 is 12.4 Å². The quantitative estimate of drug-likeness (QED) is 0.861. The molecule has 0 fully saturated rings. The van der Waals surface area contributed by atoms with E-state index in [2.05, 4.69) is 43.4 Å². The van der Waals surface area contributed by atoms with Crippen molar-refractivity contribution in [2.75, 3.05) is 0 Å². The summed E-state index contributed by atoms with van der Waals surface area (Å²) in [6, 6.07) is 18.2. The smallest absolute Gasteiger partial charge is 0.120 e. The fraction of sp³-hybridized carbons (Fsp3) is 0.294. The Bertz CT molecular complexity index is 513. The molecule has 0 saturated heterocycles. The van der Waals surface area contributed by atoms with E-state index in [-0.39, 0.29) is 12.4 Å². The number of phenols is 1. The summed E-state index contributed by atoms with van der Waals surface area (Å²) in [5.74, 6) is 0.846. The summed E-state index contributed by atoms with van der Waals surface area (Å²) in [5, 5.41) is 13.3. The van der Waals surface area contributed by atoms with Crippen LogP contribution in [0.25, 0.3) is 0 Å². The first-order valence-corrected chi connectivity index (χ1v) is 6.73. The number of nitrogens with one attached hydrogen (secondary N) is 1. The molecule has 20 heavy (non-hydrogen) atoms. The molecule has 0 saturated carbocycles. The summed E-state index contributed by atoms with van der Waals surface area (Å²) < 4.78 is 0. The van der Waals surface area contributed by atoms with Crippen LogP contribution in [0.3, 0.4) is 0 Å². The highest BCUT2D eigenvalue weighted by Gasteiger charge is 2.15. The van der Waals surface area contributed by atoms with E-state index in [1.165, 1.54) is 5.56 Å². The molecule has 0 aliphatic heterocycles. The minimum Gasteiger partial charge on any atom is -0.508 e. The summed E-state index contributed by atoms with van der Waals surface area (Å²) in [6.07, 6.45) is 0. The van der Waals surface area contributed by atoms with E-state index >= 15 is 0 Å². The maximum atomic E-state index is 9.79. The van der Waals surface area contributed by atoms with Crippen LogP contribution >= 0.6 is 12.4 Å². The highest BCUT2D eigenvalue weighted by Crippen LogP contribution is 2.23. The standard InChI is InChI=1S/C17H21NO.ClH/c1-13(2)17(14-8-4-3-5-9-14)18-12-15-10-6-7-11-16(15)19;/h3-11,13,17-19H,12H2,1-2H3;1H. The molecular weight excluding hydrogens is 270 g/mol. The Morgan fingerprint density at radius 3 is 2.15 bits per heavy atom. The number of hydrogen-bond acceptors (Lipinski definition) is 2. The van der Waals surface area contributed by atoms with E-state index in [1.807, 2.05) is 24.3 Å². The fourth-order valence-electron chi connectivity index (χ4n) is 2.28. The van der Waals surface area contributed by atoms with Crippen LogP contribution < -0.4 is 5.32 Å². The van der Waals surface area contributed by atoms with E-state index < -0.39 is 0 Å². The second-order valence-electron chi connectivity index (χ2n) is 5.14. The van der Waals surface area contributed by atoms with Gasteiger partial charge in [-0.1, -0.05) is 62.4 Å². The van der Waals surface area contributed by atoms with Gasteiger partial charge in [-0.3, -0.25) is 0 Å². The van der Waals surface area contributed by atoms with Crippen molar-refractivity contribution in [3.8, 4) is 5.75 Å². The SMILES string of the molecule is CC(C)C(NCc1ccccc1O)c1ccccc1.Cl. The Balaban J connectivity index is 0.00000200. The van der Waals surface area contributed by atoms with Crippen molar-refractivity contribution in [3.63, 3.8) is 0 Å². The molecule has 0 bridgehead atoms. The van der Waals surface area contributed by atoms with Gasteiger partial charge in [0.25, 0.3) is 0 Å². The van der Waals surface area contributed by atoms with Gasteiger partial charge in [0.15, 0.2) is 0 Å². The lowest BCUT2D eigenvalue weighted by Gasteiger charge is -2.23. The molecule has 0 amide bonds. The first-order chi connectivity index (χ1) is 9.18. The van der Waals surface area contributed by atoms with Crippen molar-refractivity contribution in [1.82, 2.24) is 5.32 Å². The van der Waals surface area contributed by atoms with Crippen LogP contribution in [0, 0.1) is 5.92 Å². The van der Waals surface area contributed by atoms with Crippen molar-refractivity contribution in [2.45, 2.75) is 26.4 Å². The molecule has 2 aromatic rings. The summed E-state index contributed by atoms with van der Waals surface area (Å²) in [7, 11) is 0. The van der Waals surface area contributed by atoms with Crippen LogP contribution in [0.15, 0.2) is 54.6 Å². The lowest BCUT2D eigenvalue weighted by molar-refractivity contribution is 0.402. The molecule has 2 aromatic carbocycles. The van der Waals surface area contributed by atoms with Gasteiger partial charge in [-0.05, 0) is 17.5 Å². The highest BCUT2D eigenvalue weighted by atomic mass is 35.5. The zero-order chi connectivity index (χ0) is 13.7. The van der Waals surface area contributed by atoms with Gasteiger partial charge in [0.1, 0.15) is 5.75 Å². The van der Waals surface area contributed by atoms with Crippen LogP contribution in [0.4, 0.5) is 0 Å². The second-order valence-corrected chi connectivity index (χ2v) is 5.14. The van der Waals surface area contributed by atoms with E-state index in [1.54, 1.807) is 6.07 Å².